The number of esters is 2. The average molecular weight is 465 g/mol. The molecule has 6 rings (SSSR count). The van der Waals surface area contributed by atoms with Gasteiger partial charge in [0.1, 0.15) is 11.9 Å². The fraction of sp³-hybridized carbons (Fsp3) is 0.621. The second kappa shape index (κ2) is 8.07. The molecule has 1 aromatic carbocycles. The molecule has 7 atom stereocenters. The van der Waals surface area contributed by atoms with E-state index in [4.69, 9.17) is 9.47 Å². The predicted octanol–water partition coefficient (Wildman–Crippen LogP) is 5.53. The largest absolute Gasteiger partial charge is 0.465 e. The second-order valence-corrected chi connectivity index (χ2v) is 11.8. The van der Waals surface area contributed by atoms with Crippen LogP contribution in [0.2, 0.25) is 0 Å². The smallest absolute Gasteiger partial charge is 0.338 e. The van der Waals surface area contributed by atoms with Gasteiger partial charge in [-0.05, 0) is 73.0 Å². The number of hydrogen-bond donors (Lipinski definition) is 0. The number of carbonyl (C=O) groups is 3. The first-order chi connectivity index (χ1) is 16.1. The molecule has 5 fully saturated rings. The lowest BCUT2D eigenvalue weighted by atomic mass is 9.36. The van der Waals surface area contributed by atoms with E-state index < -0.39 is 11.5 Å². The third-order valence-electron chi connectivity index (χ3n) is 10.0. The van der Waals surface area contributed by atoms with E-state index in [-0.39, 0.29) is 40.4 Å². The third kappa shape index (κ3) is 3.30. The molecular weight excluding hydrogens is 428 g/mol. The Bertz CT molecular complexity index is 1030. The van der Waals surface area contributed by atoms with Crippen LogP contribution in [0.4, 0.5) is 0 Å². The molecule has 0 heterocycles. The summed E-state index contributed by atoms with van der Waals surface area (Å²) in [5.74, 6) is 0.187. The molecule has 182 valence electrons. The Morgan fingerprint density at radius 2 is 1.82 bits per heavy atom. The van der Waals surface area contributed by atoms with Crippen molar-refractivity contribution < 1.29 is 23.9 Å². The zero-order valence-corrected chi connectivity index (χ0v) is 20.6. The zero-order chi connectivity index (χ0) is 24.3. The molecule has 0 radical (unpaired) electrons. The van der Waals surface area contributed by atoms with Crippen molar-refractivity contribution in [1.29, 1.82) is 0 Å². The fourth-order valence-electron chi connectivity index (χ4n) is 8.51. The highest BCUT2D eigenvalue weighted by molar-refractivity contribution is 5.93. The van der Waals surface area contributed by atoms with Crippen LogP contribution in [0, 0.1) is 34.0 Å². The molecule has 0 N–H and O–H groups in total. The van der Waals surface area contributed by atoms with Gasteiger partial charge in [0, 0.05) is 18.8 Å². The molecule has 0 aliphatic heterocycles. The van der Waals surface area contributed by atoms with E-state index in [0.29, 0.717) is 30.9 Å². The lowest BCUT2D eigenvalue weighted by molar-refractivity contribution is -0.208. The molecule has 1 aromatic rings. The highest BCUT2D eigenvalue weighted by Crippen LogP contribution is 2.71. The summed E-state index contributed by atoms with van der Waals surface area (Å²) in [5, 5.41) is 0. The van der Waals surface area contributed by atoms with E-state index in [9.17, 15) is 14.4 Å². The van der Waals surface area contributed by atoms with E-state index in [1.165, 1.54) is 6.92 Å². The highest BCUT2D eigenvalue weighted by atomic mass is 16.5. The van der Waals surface area contributed by atoms with Gasteiger partial charge in [-0.15, -0.1) is 0 Å². The monoisotopic (exact) mass is 464 g/mol. The van der Waals surface area contributed by atoms with Crippen LogP contribution < -0.4 is 0 Å². The minimum atomic E-state index is -0.693. The molecule has 0 saturated heterocycles. The number of Topliss-reactive ketones (excluding diaryl/α,β-unsaturated/α-hetero) is 1. The van der Waals surface area contributed by atoms with Gasteiger partial charge in [-0.2, -0.15) is 0 Å². The van der Waals surface area contributed by atoms with Crippen molar-refractivity contribution in [3.63, 3.8) is 0 Å². The molecule has 34 heavy (non-hydrogen) atoms. The quantitative estimate of drug-likeness (QED) is 0.433. The van der Waals surface area contributed by atoms with Crippen molar-refractivity contribution in [3.05, 3.63) is 48.0 Å². The lowest BCUT2D eigenvalue weighted by Crippen LogP contribution is -2.68. The van der Waals surface area contributed by atoms with Gasteiger partial charge in [-0.3, -0.25) is 9.59 Å². The van der Waals surface area contributed by atoms with E-state index >= 15 is 0 Å². The molecule has 5 heteroatoms. The molecular formula is C29H36O5. The first kappa shape index (κ1) is 23.3. The highest BCUT2D eigenvalue weighted by Gasteiger charge is 2.70. The van der Waals surface area contributed by atoms with Crippen molar-refractivity contribution in [2.24, 2.45) is 34.0 Å². The summed E-state index contributed by atoms with van der Waals surface area (Å²) in [5.41, 5.74) is 0.552. The van der Waals surface area contributed by atoms with Gasteiger partial charge in [0.05, 0.1) is 17.6 Å². The SMILES string of the molecule is C=C1C2CC(=O)C3(CCC4[C@@](C)(COC(C)=O)CCC[C@@]4(C)C3C2)[C@H]1OC(=O)c1ccccc1. The third-order valence-corrected chi connectivity index (χ3v) is 10.0. The van der Waals surface area contributed by atoms with Crippen molar-refractivity contribution in [2.75, 3.05) is 6.61 Å². The summed E-state index contributed by atoms with van der Waals surface area (Å²) in [6.07, 6.45) is 5.57. The van der Waals surface area contributed by atoms with E-state index in [0.717, 1.165) is 37.7 Å². The number of ether oxygens (including phenoxy) is 2. The van der Waals surface area contributed by atoms with Crippen LogP contribution in [0.5, 0.6) is 0 Å². The number of rotatable bonds is 4. The van der Waals surface area contributed by atoms with Gasteiger partial charge in [0.15, 0.2) is 0 Å². The van der Waals surface area contributed by atoms with Crippen LogP contribution in [-0.2, 0) is 19.1 Å². The first-order valence-electron chi connectivity index (χ1n) is 12.7. The van der Waals surface area contributed by atoms with Crippen LogP contribution >= 0.6 is 0 Å². The Kier molecular flexibility index (Phi) is 5.53. The summed E-state index contributed by atoms with van der Waals surface area (Å²) in [6.45, 7) is 10.9. The molecule has 1 spiro atoms. The summed E-state index contributed by atoms with van der Waals surface area (Å²) >= 11 is 0. The van der Waals surface area contributed by atoms with Gasteiger partial charge in [-0.1, -0.05) is 45.0 Å². The minimum Gasteiger partial charge on any atom is -0.465 e. The number of hydrogen-bond acceptors (Lipinski definition) is 5. The molecule has 5 aliphatic carbocycles. The minimum absolute atomic E-state index is 0.0603. The number of fused-ring (bicyclic) bond motifs is 3. The van der Waals surface area contributed by atoms with Gasteiger partial charge < -0.3 is 9.47 Å². The Morgan fingerprint density at radius 1 is 1.09 bits per heavy atom. The number of carbonyl (C=O) groups excluding carboxylic acids is 3. The van der Waals surface area contributed by atoms with Gasteiger partial charge in [-0.25, -0.2) is 4.79 Å². The molecule has 5 aliphatic rings. The first-order valence-corrected chi connectivity index (χ1v) is 12.7. The van der Waals surface area contributed by atoms with Crippen molar-refractivity contribution in [3.8, 4) is 0 Å². The summed E-state index contributed by atoms with van der Waals surface area (Å²) in [6, 6.07) is 9.02. The summed E-state index contributed by atoms with van der Waals surface area (Å²) < 4.78 is 11.7. The van der Waals surface area contributed by atoms with Crippen LogP contribution in [-0.4, -0.2) is 30.4 Å². The van der Waals surface area contributed by atoms with Crippen molar-refractivity contribution >= 4 is 17.7 Å². The maximum absolute atomic E-state index is 13.8. The van der Waals surface area contributed by atoms with Crippen LogP contribution in [0.3, 0.4) is 0 Å². The predicted molar refractivity (Wildman–Crippen MR) is 128 cm³/mol. The molecule has 5 saturated carbocycles. The fourth-order valence-corrected chi connectivity index (χ4v) is 8.51. The van der Waals surface area contributed by atoms with Gasteiger partial charge in [0.25, 0.3) is 0 Å². The lowest BCUT2D eigenvalue weighted by Gasteiger charge is -2.68. The van der Waals surface area contributed by atoms with Crippen molar-refractivity contribution in [2.45, 2.75) is 71.8 Å². The summed E-state index contributed by atoms with van der Waals surface area (Å²) in [7, 11) is 0. The molecule has 2 bridgehead atoms. The molecule has 0 amide bonds. The van der Waals surface area contributed by atoms with Crippen molar-refractivity contribution in [1.82, 2.24) is 0 Å². The zero-order valence-electron chi connectivity index (χ0n) is 20.6. The van der Waals surface area contributed by atoms with E-state index in [1.54, 1.807) is 12.1 Å². The Labute approximate surface area is 202 Å². The van der Waals surface area contributed by atoms with Crippen LogP contribution in [0.15, 0.2) is 42.5 Å². The molecule has 5 nitrogen and oxygen atoms in total. The standard InChI is InChI=1S/C29H36O5/c1-18-21-15-23-28(4)13-8-12-27(3,17-33-19(2)30)22(28)11-14-29(23,24(31)16-21)25(18)34-26(32)20-9-6-5-7-10-20/h5-7,9-10,21-23,25H,1,8,11-17H2,2-4H3/t21?,22?,23?,25-,27+,28+,29?/m0/s1. The Hall–Kier alpha value is -2.43. The van der Waals surface area contributed by atoms with Gasteiger partial charge >= 0.3 is 11.9 Å². The summed E-state index contributed by atoms with van der Waals surface area (Å²) in [4.78, 5) is 38.5. The maximum atomic E-state index is 13.8. The van der Waals surface area contributed by atoms with Crippen LogP contribution in [0.1, 0.15) is 76.1 Å². The Balaban J connectivity index is 1.51. The topological polar surface area (TPSA) is 69.7 Å². The molecule has 4 unspecified atom stereocenters. The van der Waals surface area contributed by atoms with Crippen LogP contribution in [0.25, 0.3) is 0 Å². The Morgan fingerprint density at radius 3 is 2.53 bits per heavy atom. The maximum Gasteiger partial charge on any atom is 0.338 e. The van der Waals surface area contributed by atoms with Gasteiger partial charge in [0.2, 0.25) is 0 Å². The number of ketones is 1. The normalized spacial score (nSPS) is 40.8. The van der Waals surface area contributed by atoms with E-state index in [2.05, 4.69) is 20.4 Å². The van der Waals surface area contributed by atoms with E-state index in [1.807, 2.05) is 18.2 Å². The molecule has 0 aromatic heterocycles. The average Bonchev–Trinajstić information content (AvgIpc) is 2.81. The second-order valence-electron chi connectivity index (χ2n) is 11.8. The number of benzene rings is 1.